The molecule has 1 heterocycles. The first-order chi connectivity index (χ1) is 9.81. The van der Waals surface area contributed by atoms with Crippen LogP contribution in [-0.2, 0) is 4.79 Å². The van der Waals surface area contributed by atoms with Gasteiger partial charge in [-0.2, -0.15) is 0 Å². The van der Waals surface area contributed by atoms with Gasteiger partial charge in [0, 0.05) is 39.3 Å². The second kappa shape index (κ2) is 8.19. The Morgan fingerprint density at radius 3 is 2.19 bits per heavy atom. The third-order valence-corrected chi connectivity index (χ3v) is 3.73. The molecular weight excluding hydrogens is 272 g/mol. The predicted molar refractivity (Wildman–Crippen MR) is 81.4 cm³/mol. The van der Waals surface area contributed by atoms with Crippen molar-refractivity contribution in [3.8, 4) is 0 Å². The molecule has 0 aliphatic carbocycles. The van der Waals surface area contributed by atoms with Crippen molar-refractivity contribution < 1.29 is 14.7 Å². The van der Waals surface area contributed by atoms with Crippen molar-refractivity contribution in [3.63, 3.8) is 0 Å². The van der Waals surface area contributed by atoms with Crippen molar-refractivity contribution in [1.82, 2.24) is 20.0 Å². The van der Waals surface area contributed by atoms with Gasteiger partial charge in [-0.1, -0.05) is 13.8 Å². The van der Waals surface area contributed by atoms with Crippen LogP contribution >= 0.6 is 0 Å². The van der Waals surface area contributed by atoms with Gasteiger partial charge in [0.15, 0.2) is 0 Å². The number of carboxylic acids is 1. The molecule has 0 saturated carbocycles. The second-order valence-corrected chi connectivity index (χ2v) is 6.14. The first kappa shape index (κ1) is 17.7. The lowest BCUT2D eigenvalue weighted by Gasteiger charge is -2.35. The topological polar surface area (TPSA) is 76.1 Å². The summed E-state index contributed by atoms with van der Waals surface area (Å²) in [6, 6.07) is -1.10. The van der Waals surface area contributed by atoms with E-state index < -0.39 is 12.0 Å². The molecule has 0 aromatic rings. The van der Waals surface area contributed by atoms with E-state index in [1.807, 2.05) is 14.1 Å². The summed E-state index contributed by atoms with van der Waals surface area (Å²) in [7, 11) is 4.09. The Morgan fingerprint density at radius 2 is 1.76 bits per heavy atom. The van der Waals surface area contributed by atoms with Crippen LogP contribution in [0.1, 0.15) is 13.8 Å². The Morgan fingerprint density at radius 1 is 1.19 bits per heavy atom. The smallest absolute Gasteiger partial charge is 0.326 e. The van der Waals surface area contributed by atoms with Crippen molar-refractivity contribution in [2.24, 2.45) is 5.92 Å². The Hall–Kier alpha value is -1.34. The number of nitrogens with one attached hydrogen (secondary N) is 1. The number of rotatable bonds is 6. The lowest BCUT2D eigenvalue weighted by Crippen LogP contribution is -2.56. The molecular formula is C14H28N4O3. The second-order valence-electron chi connectivity index (χ2n) is 6.14. The monoisotopic (exact) mass is 300 g/mol. The molecule has 0 bridgehead atoms. The lowest BCUT2D eigenvalue weighted by molar-refractivity contribution is -0.140. The van der Waals surface area contributed by atoms with Crippen LogP contribution in [0.25, 0.3) is 0 Å². The maximum Gasteiger partial charge on any atom is 0.326 e. The number of hydrogen-bond donors (Lipinski definition) is 2. The zero-order valence-electron chi connectivity index (χ0n) is 13.5. The van der Waals surface area contributed by atoms with Crippen molar-refractivity contribution >= 4 is 12.0 Å². The molecule has 1 atom stereocenters. The van der Waals surface area contributed by atoms with Gasteiger partial charge in [0.25, 0.3) is 0 Å². The molecule has 7 heteroatoms. The highest BCUT2D eigenvalue weighted by molar-refractivity contribution is 5.82. The van der Waals surface area contributed by atoms with Crippen LogP contribution < -0.4 is 5.32 Å². The maximum atomic E-state index is 12.1. The number of amides is 2. The van der Waals surface area contributed by atoms with Crippen LogP contribution in [0.5, 0.6) is 0 Å². The Kier molecular flexibility index (Phi) is 6.91. The van der Waals surface area contributed by atoms with Crippen LogP contribution in [-0.4, -0.2) is 91.2 Å². The number of carbonyl (C=O) groups excluding carboxylic acids is 1. The molecule has 2 amide bonds. The number of hydrogen-bond acceptors (Lipinski definition) is 4. The van der Waals surface area contributed by atoms with Gasteiger partial charge in [-0.25, -0.2) is 9.59 Å². The fourth-order valence-electron chi connectivity index (χ4n) is 2.25. The van der Waals surface area contributed by atoms with Crippen LogP contribution in [0, 0.1) is 5.92 Å². The van der Waals surface area contributed by atoms with E-state index in [2.05, 4.69) is 15.1 Å². The fraction of sp³-hybridized carbons (Fsp3) is 0.857. The number of carbonyl (C=O) groups is 2. The molecule has 2 N–H and O–H groups in total. The normalized spacial score (nSPS) is 18.1. The van der Waals surface area contributed by atoms with Crippen LogP contribution in [0.4, 0.5) is 4.79 Å². The minimum atomic E-state index is -0.983. The van der Waals surface area contributed by atoms with Crippen molar-refractivity contribution in [2.45, 2.75) is 19.9 Å². The van der Waals surface area contributed by atoms with Gasteiger partial charge in [-0.15, -0.1) is 0 Å². The van der Waals surface area contributed by atoms with Gasteiger partial charge >= 0.3 is 12.0 Å². The molecule has 0 spiro atoms. The summed E-state index contributed by atoms with van der Waals surface area (Å²) >= 11 is 0. The molecule has 0 radical (unpaired) electrons. The van der Waals surface area contributed by atoms with E-state index in [4.69, 9.17) is 5.11 Å². The quantitative estimate of drug-likeness (QED) is 0.721. The van der Waals surface area contributed by atoms with Gasteiger partial charge in [0.2, 0.25) is 0 Å². The van der Waals surface area contributed by atoms with Crippen LogP contribution in [0.15, 0.2) is 0 Å². The molecule has 1 aliphatic heterocycles. The third-order valence-electron chi connectivity index (χ3n) is 3.73. The van der Waals surface area contributed by atoms with Crippen molar-refractivity contribution in [3.05, 3.63) is 0 Å². The van der Waals surface area contributed by atoms with E-state index in [0.717, 1.165) is 26.2 Å². The summed E-state index contributed by atoms with van der Waals surface area (Å²) in [4.78, 5) is 29.4. The Balaban J connectivity index is 2.39. The number of nitrogens with zero attached hydrogens (tertiary/aromatic N) is 3. The van der Waals surface area contributed by atoms with Gasteiger partial charge in [-0.3, -0.25) is 4.90 Å². The van der Waals surface area contributed by atoms with Gasteiger partial charge in [0.05, 0.1) is 0 Å². The number of piperazine rings is 1. The van der Waals surface area contributed by atoms with Crippen molar-refractivity contribution in [2.75, 3.05) is 53.4 Å². The minimum absolute atomic E-state index is 0.132. The van der Waals surface area contributed by atoms with E-state index in [-0.39, 0.29) is 11.9 Å². The molecule has 0 aromatic heterocycles. The summed E-state index contributed by atoms with van der Waals surface area (Å²) in [6.45, 7) is 8.53. The minimum Gasteiger partial charge on any atom is -0.480 e. The van der Waals surface area contributed by atoms with E-state index in [1.54, 1.807) is 18.7 Å². The average Bonchev–Trinajstić information content (AvgIpc) is 2.42. The standard InChI is InChI=1S/C14H28N4O3/c1-11(2)12(13(19)20)15-14(21)18-9-7-17(8-10-18)6-5-16(3)4/h11-12H,5-10H2,1-4H3,(H,15,21)(H,19,20)/t12-/m0/s1. The molecule has 1 rings (SSSR count). The van der Waals surface area contributed by atoms with E-state index in [0.29, 0.717) is 13.1 Å². The lowest BCUT2D eigenvalue weighted by atomic mass is 10.1. The highest BCUT2D eigenvalue weighted by Gasteiger charge is 2.27. The largest absolute Gasteiger partial charge is 0.480 e. The predicted octanol–water partition coefficient (Wildman–Crippen LogP) is -0.0156. The zero-order valence-corrected chi connectivity index (χ0v) is 13.5. The summed E-state index contributed by atoms with van der Waals surface area (Å²) in [6.07, 6.45) is 0. The Bertz CT molecular complexity index is 352. The van der Waals surface area contributed by atoms with E-state index in [1.165, 1.54) is 0 Å². The Labute approximate surface area is 126 Å². The van der Waals surface area contributed by atoms with E-state index in [9.17, 15) is 9.59 Å². The summed E-state index contributed by atoms with van der Waals surface area (Å²) in [5, 5.41) is 11.7. The molecule has 0 aromatic carbocycles. The average molecular weight is 300 g/mol. The number of aliphatic carboxylic acids is 1. The molecule has 0 unspecified atom stereocenters. The highest BCUT2D eigenvalue weighted by atomic mass is 16.4. The third kappa shape index (κ3) is 5.89. The molecule has 7 nitrogen and oxygen atoms in total. The van der Waals surface area contributed by atoms with E-state index >= 15 is 0 Å². The first-order valence-corrected chi connectivity index (χ1v) is 7.46. The zero-order chi connectivity index (χ0) is 16.0. The van der Waals surface area contributed by atoms with Gasteiger partial charge < -0.3 is 20.2 Å². The SMILES string of the molecule is CC(C)[C@H](NC(=O)N1CCN(CCN(C)C)CC1)C(=O)O. The molecule has 1 fully saturated rings. The van der Waals surface area contributed by atoms with Gasteiger partial charge in [0.1, 0.15) is 6.04 Å². The fourth-order valence-corrected chi connectivity index (χ4v) is 2.25. The molecule has 122 valence electrons. The number of urea groups is 1. The summed E-state index contributed by atoms with van der Waals surface area (Å²) in [5.74, 6) is -1.12. The van der Waals surface area contributed by atoms with Crippen LogP contribution in [0.3, 0.4) is 0 Å². The summed E-state index contributed by atoms with van der Waals surface area (Å²) < 4.78 is 0. The first-order valence-electron chi connectivity index (χ1n) is 7.46. The number of likely N-dealkylation sites (N-methyl/N-ethyl adjacent to an activating group) is 1. The number of carboxylic acid groups (broad SMARTS) is 1. The molecule has 1 saturated heterocycles. The van der Waals surface area contributed by atoms with Crippen LogP contribution in [0.2, 0.25) is 0 Å². The van der Waals surface area contributed by atoms with Gasteiger partial charge in [-0.05, 0) is 20.0 Å². The molecule has 1 aliphatic rings. The van der Waals surface area contributed by atoms with Crippen molar-refractivity contribution in [1.29, 1.82) is 0 Å². The summed E-state index contributed by atoms with van der Waals surface area (Å²) in [5.41, 5.74) is 0. The highest BCUT2D eigenvalue weighted by Crippen LogP contribution is 2.06. The molecule has 21 heavy (non-hydrogen) atoms. The maximum absolute atomic E-state index is 12.1.